The first-order valence-corrected chi connectivity index (χ1v) is 12.5. The minimum atomic E-state index is -3.76. The van der Waals surface area contributed by atoms with Gasteiger partial charge in [0.15, 0.2) is 0 Å². The van der Waals surface area contributed by atoms with Gasteiger partial charge in [-0.2, -0.15) is 0 Å². The molecule has 0 radical (unpaired) electrons. The minimum Gasteiger partial charge on any atom is -0.282 e. The largest absolute Gasteiger partial charge is 0.336 e. The number of carbonyl (C=O) groups is 2. The summed E-state index contributed by atoms with van der Waals surface area (Å²) in [6, 6.07) is 16.9. The third-order valence-electron chi connectivity index (χ3n) is 6.63. The lowest BCUT2D eigenvalue weighted by atomic mass is 10.1. The second kappa shape index (κ2) is 7.37. The van der Waals surface area contributed by atoms with Crippen molar-refractivity contribution in [3.63, 3.8) is 0 Å². The number of rotatable bonds is 5. The van der Waals surface area contributed by atoms with Gasteiger partial charge in [0.2, 0.25) is 10.0 Å². The van der Waals surface area contributed by atoms with Crippen LogP contribution in [0, 0.1) is 10.1 Å². The van der Waals surface area contributed by atoms with Gasteiger partial charge in [0.05, 0.1) is 40.0 Å². The number of nitro groups is 1. The molecule has 0 N–H and O–H groups in total. The van der Waals surface area contributed by atoms with Gasteiger partial charge in [0.25, 0.3) is 11.6 Å². The van der Waals surface area contributed by atoms with Crippen LogP contribution in [0.3, 0.4) is 0 Å². The standard InChI is InChI=1S/C24H18N4O6S/c29-23-22-21-12-16(13-25(21)35(33,34)14-15-6-2-1-3-7-15)26(22)24(30)27(23)19-10-11-20(28(31)32)18-9-5-4-8-17(18)19/h1-11,16H,12-14H2. The van der Waals surface area contributed by atoms with Crippen molar-refractivity contribution in [2.75, 3.05) is 11.4 Å². The molecule has 1 atom stereocenters. The molecule has 176 valence electrons. The molecule has 0 aromatic heterocycles. The summed E-state index contributed by atoms with van der Waals surface area (Å²) in [5.74, 6) is -0.845. The third-order valence-corrected chi connectivity index (χ3v) is 8.37. The number of urea groups is 1. The zero-order valence-corrected chi connectivity index (χ0v) is 19.0. The van der Waals surface area contributed by atoms with Gasteiger partial charge >= 0.3 is 6.03 Å². The molecular weight excluding hydrogens is 472 g/mol. The first-order valence-electron chi connectivity index (χ1n) is 10.9. The Morgan fingerprint density at radius 2 is 1.63 bits per heavy atom. The van der Waals surface area contributed by atoms with E-state index in [1.807, 2.05) is 0 Å². The van der Waals surface area contributed by atoms with Crippen LogP contribution in [-0.2, 0) is 20.6 Å². The Bertz CT molecular complexity index is 1580. The molecule has 1 unspecified atom stereocenters. The van der Waals surface area contributed by atoms with Crippen LogP contribution in [0.1, 0.15) is 12.0 Å². The van der Waals surface area contributed by atoms with Gasteiger partial charge < -0.3 is 0 Å². The van der Waals surface area contributed by atoms with Crippen molar-refractivity contribution in [3.05, 3.63) is 93.8 Å². The van der Waals surface area contributed by atoms with Crippen LogP contribution in [0.15, 0.2) is 78.1 Å². The fourth-order valence-corrected chi connectivity index (χ4v) is 6.82. The predicted octanol–water partition coefficient (Wildman–Crippen LogP) is 3.35. The van der Waals surface area contributed by atoms with Crippen LogP contribution in [0.25, 0.3) is 10.8 Å². The van der Waals surface area contributed by atoms with Crippen molar-refractivity contribution < 1.29 is 22.9 Å². The maximum Gasteiger partial charge on any atom is 0.336 e. The Morgan fingerprint density at radius 1 is 0.943 bits per heavy atom. The van der Waals surface area contributed by atoms with E-state index < -0.39 is 32.9 Å². The third kappa shape index (κ3) is 3.04. The normalized spacial score (nSPS) is 19.3. The lowest BCUT2D eigenvalue weighted by molar-refractivity contribution is -0.383. The summed E-state index contributed by atoms with van der Waals surface area (Å²) in [5.41, 5.74) is 1.10. The topological polar surface area (TPSA) is 121 Å². The highest BCUT2D eigenvalue weighted by Gasteiger charge is 2.57. The van der Waals surface area contributed by atoms with Gasteiger partial charge in [-0.25, -0.2) is 18.1 Å². The van der Waals surface area contributed by atoms with Crippen LogP contribution in [0.2, 0.25) is 0 Å². The number of nitrogens with zero attached hydrogens (tertiary/aromatic N) is 4. The van der Waals surface area contributed by atoms with Crippen molar-refractivity contribution in [2.45, 2.75) is 18.2 Å². The summed E-state index contributed by atoms with van der Waals surface area (Å²) in [6.07, 6.45) is 0.287. The average molecular weight is 490 g/mol. The number of amides is 3. The SMILES string of the molecule is O=C1C2=C3CC(CN3S(=O)(=O)Cc3ccccc3)N2C(=O)N1c1ccc([N+](=O)[O-])c2ccccc12. The van der Waals surface area contributed by atoms with Crippen molar-refractivity contribution in [1.82, 2.24) is 9.21 Å². The molecule has 35 heavy (non-hydrogen) atoms. The smallest absolute Gasteiger partial charge is 0.282 e. The summed E-state index contributed by atoms with van der Waals surface area (Å²) in [4.78, 5) is 40.2. The van der Waals surface area contributed by atoms with Gasteiger partial charge in [-0.05, 0) is 17.7 Å². The first-order chi connectivity index (χ1) is 16.8. The van der Waals surface area contributed by atoms with E-state index in [2.05, 4.69) is 0 Å². The number of non-ortho nitro benzene ring substituents is 1. The maximum atomic E-state index is 13.5. The average Bonchev–Trinajstić information content (AvgIpc) is 3.50. The molecule has 0 saturated carbocycles. The van der Waals surface area contributed by atoms with E-state index in [1.165, 1.54) is 21.3 Å². The molecule has 2 fully saturated rings. The van der Waals surface area contributed by atoms with E-state index >= 15 is 0 Å². The number of anilines is 1. The molecule has 0 aliphatic carbocycles. The monoisotopic (exact) mass is 490 g/mol. The highest BCUT2D eigenvalue weighted by atomic mass is 32.2. The number of sulfonamides is 1. The molecule has 3 aromatic carbocycles. The summed E-state index contributed by atoms with van der Waals surface area (Å²) in [5, 5.41) is 12.2. The Morgan fingerprint density at radius 3 is 2.34 bits per heavy atom. The number of fused-ring (bicyclic) bond motifs is 5. The van der Waals surface area contributed by atoms with Crippen LogP contribution in [0.5, 0.6) is 0 Å². The van der Waals surface area contributed by atoms with Gasteiger partial charge in [-0.15, -0.1) is 0 Å². The first kappa shape index (κ1) is 21.3. The lowest BCUT2D eigenvalue weighted by Crippen LogP contribution is -2.43. The number of imide groups is 1. The van der Waals surface area contributed by atoms with Crippen molar-refractivity contribution >= 4 is 44.1 Å². The number of hydrogen-bond acceptors (Lipinski definition) is 6. The Kier molecular flexibility index (Phi) is 4.49. The molecule has 3 heterocycles. The Hall–Kier alpha value is -4.25. The number of nitro benzene ring substituents is 1. The van der Waals surface area contributed by atoms with E-state index in [-0.39, 0.29) is 35.8 Å². The van der Waals surface area contributed by atoms with Gasteiger partial charge in [0.1, 0.15) is 5.70 Å². The van der Waals surface area contributed by atoms with Crippen molar-refractivity contribution in [3.8, 4) is 0 Å². The highest BCUT2D eigenvalue weighted by Crippen LogP contribution is 2.46. The fourth-order valence-electron chi connectivity index (χ4n) is 5.16. The second-order valence-electron chi connectivity index (χ2n) is 8.63. The molecule has 2 saturated heterocycles. The van der Waals surface area contributed by atoms with E-state index in [0.29, 0.717) is 22.0 Å². The van der Waals surface area contributed by atoms with Crippen LogP contribution < -0.4 is 4.90 Å². The fraction of sp³-hybridized carbons (Fsp3) is 0.167. The zero-order valence-electron chi connectivity index (χ0n) is 18.2. The van der Waals surface area contributed by atoms with E-state index in [9.17, 15) is 28.1 Å². The highest BCUT2D eigenvalue weighted by molar-refractivity contribution is 7.88. The van der Waals surface area contributed by atoms with Crippen LogP contribution >= 0.6 is 0 Å². The summed E-state index contributed by atoms with van der Waals surface area (Å²) in [7, 11) is -3.76. The molecular formula is C24H18N4O6S. The Balaban J connectivity index is 1.41. The van der Waals surface area contributed by atoms with Gasteiger partial charge in [-0.3, -0.25) is 24.1 Å². The summed E-state index contributed by atoms with van der Waals surface area (Å²) in [6.45, 7) is 0.0852. The van der Waals surface area contributed by atoms with Crippen molar-refractivity contribution in [1.29, 1.82) is 0 Å². The van der Waals surface area contributed by atoms with Gasteiger partial charge in [0, 0.05) is 17.9 Å². The Labute approximate surface area is 199 Å². The molecule has 3 aliphatic heterocycles. The molecule has 10 nitrogen and oxygen atoms in total. The molecule has 3 aliphatic rings. The van der Waals surface area contributed by atoms with E-state index in [4.69, 9.17) is 0 Å². The molecule has 11 heteroatoms. The van der Waals surface area contributed by atoms with E-state index in [1.54, 1.807) is 54.6 Å². The summed E-state index contributed by atoms with van der Waals surface area (Å²) >= 11 is 0. The number of hydrogen-bond donors (Lipinski definition) is 0. The molecule has 6 rings (SSSR count). The van der Waals surface area contributed by atoms with Gasteiger partial charge in [-0.1, -0.05) is 48.5 Å². The van der Waals surface area contributed by atoms with Crippen molar-refractivity contribution in [2.24, 2.45) is 0 Å². The lowest BCUT2D eigenvalue weighted by Gasteiger charge is -2.28. The quantitative estimate of drug-likeness (QED) is 0.307. The number of carbonyl (C=O) groups excluding carboxylic acids is 2. The van der Waals surface area contributed by atoms with Crippen LogP contribution in [-0.4, -0.2) is 47.1 Å². The molecule has 3 amide bonds. The second-order valence-corrected chi connectivity index (χ2v) is 10.5. The molecule has 0 spiro atoms. The molecule has 3 aromatic rings. The zero-order chi connectivity index (χ0) is 24.5. The van der Waals surface area contributed by atoms with Crippen LogP contribution in [0.4, 0.5) is 16.2 Å². The number of benzene rings is 3. The van der Waals surface area contributed by atoms with E-state index in [0.717, 1.165) is 4.90 Å². The minimum absolute atomic E-state index is 0.0605. The summed E-state index contributed by atoms with van der Waals surface area (Å²) < 4.78 is 27.6. The molecule has 2 bridgehead atoms. The predicted molar refractivity (Wildman–Crippen MR) is 127 cm³/mol. The maximum absolute atomic E-state index is 13.5.